The van der Waals surface area contributed by atoms with E-state index in [9.17, 15) is 8.42 Å². The minimum absolute atomic E-state index is 0.0679. The van der Waals surface area contributed by atoms with E-state index in [-0.39, 0.29) is 23.0 Å². The predicted octanol–water partition coefficient (Wildman–Crippen LogP) is 3.51. The quantitative estimate of drug-likeness (QED) is 0.458. The van der Waals surface area contributed by atoms with Crippen molar-refractivity contribution in [2.75, 3.05) is 39.4 Å². The van der Waals surface area contributed by atoms with Gasteiger partial charge in [0.15, 0.2) is 5.11 Å². The molecule has 8 nitrogen and oxygen atoms in total. The van der Waals surface area contributed by atoms with Crippen LogP contribution in [0.15, 0.2) is 35.6 Å². The summed E-state index contributed by atoms with van der Waals surface area (Å²) in [5, 5.41) is 4.55. The van der Waals surface area contributed by atoms with Crippen LogP contribution in [0.1, 0.15) is 45.0 Å². The molecule has 1 aromatic heterocycles. The summed E-state index contributed by atoms with van der Waals surface area (Å²) in [6.45, 7) is 13.3. The van der Waals surface area contributed by atoms with Crippen LogP contribution in [0.25, 0.3) is 0 Å². The Labute approximate surface area is 219 Å². The maximum atomic E-state index is 13.4. The lowest BCUT2D eigenvalue weighted by Crippen LogP contribution is -2.47. The van der Waals surface area contributed by atoms with Crippen molar-refractivity contribution < 1.29 is 13.2 Å². The molecule has 0 amide bonds. The number of nitrogens with one attached hydrogen (secondary N) is 1. The first-order valence-electron chi connectivity index (χ1n) is 12.0. The number of thiocarbonyl (C=S) groups is 1. The van der Waals surface area contributed by atoms with E-state index in [1.807, 2.05) is 27.7 Å². The molecule has 0 aliphatic carbocycles. The SMILES string of the molecule is CC(C)NC(=S)N(CCN1CCOCC1)Cc1cnc(S(=O)(=O)Cc2cccc(Cl)c2)n1C(C)C. The van der Waals surface area contributed by atoms with E-state index in [0.29, 0.717) is 28.8 Å². The number of sulfone groups is 1. The van der Waals surface area contributed by atoms with Crippen LogP contribution in [0.4, 0.5) is 0 Å². The van der Waals surface area contributed by atoms with Gasteiger partial charge in [0.2, 0.25) is 15.0 Å². The average molecular weight is 542 g/mol. The summed E-state index contributed by atoms with van der Waals surface area (Å²) in [6.07, 6.45) is 1.66. The maximum Gasteiger partial charge on any atom is 0.228 e. The van der Waals surface area contributed by atoms with E-state index in [4.69, 9.17) is 28.6 Å². The lowest BCUT2D eigenvalue weighted by Gasteiger charge is -2.32. The van der Waals surface area contributed by atoms with E-state index < -0.39 is 9.84 Å². The molecule has 0 atom stereocenters. The van der Waals surface area contributed by atoms with Crippen molar-refractivity contribution in [3.8, 4) is 0 Å². The fourth-order valence-corrected chi connectivity index (χ4v) is 6.25. The van der Waals surface area contributed by atoms with Crippen molar-refractivity contribution in [1.82, 2.24) is 24.7 Å². The van der Waals surface area contributed by atoms with Crippen LogP contribution in [0.5, 0.6) is 0 Å². The van der Waals surface area contributed by atoms with Gasteiger partial charge in [0, 0.05) is 43.3 Å². The molecular weight excluding hydrogens is 506 g/mol. The fraction of sp³-hybridized carbons (Fsp3) is 0.583. The molecule has 0 unspecified atom stereocenters. The van der Waals surface area contributed by atoms with Crippen molar-refractivity contribution in [1.29, 1.82) is 0 Å². The van der Waals surface area contributed by atoms with Crippen LogP contribution in [-0.2, 0) is 26.9 Å². The van der Waals surface area contributed by atoms with E-state index in [2.05, 4.69) is 20.1 Å². The molecule has 1 aromatic carbocycles. The number of rotatable bonds is 10. The standard InChI is InChI=1S/C24H36ClN5O3S2/c1-18(2)27-23(34)29(9-8-28-10-12-33-13-11-28)16-22-15-26-24(30(22)19(3)4)35(31,32)17-20-6-5-7-21(25)14-20/h5-7,14-15,18-19H,8-13,16-17H2,1-4H3,(H,27,34). The molecule has 0 radical (unpaired) electrons. The van der Waals surface area contributed by atoms with Crippen molar-refractivity contribution in [2.45, 2.75) is 57.2 Å². The molecule has 1 aliphatic heterocycles. The largest absolute Gasteiger partial charge is 0.379 e. The minimum atomic E-state index is -3.69. The van der Waals surface area contributed by atoms with Gasteiger partial charge in [-0.2, -0.15) is 0 Å². The maximum absolute atomic E-state index is 13.4. The second-order valence-electron chi connectivity index (χ2n) is 9.36. The van der Waals surface area contributed by atoms with E-state index in [1.165, 1.54) is 0 Å². The molecule has 0 bridgehead atoms. The molecule has 11 heteroatoms. The minimum Gasteiger partial charge on any atom is -0.379 e. The van der Waals surface area contributed by atoms with Gasteiger partial charge in [-0.05, 0) is 57.6 Å². The highest BCUT2D eigenvalue weighted by Gasteiger charge is 2.27. The molecule has 1 saturated heterocycles. The number of hydrogen-bond acceptors (Lipinski definition) is 6. The molecule has 0 spiro atoms. The molecule has 194 valence electrons. The monoisotopic (exact) mass is 541 g/mol. The third kappa shape index (κ3) is 7.88. The first kappa shape index (κ1) is 27.9. The molecular formula is C24H36ClN5O3S2. The van der Waals surface area contributed by atoms with Gasteiger partial charge in [0.1, 0.15) is 0 Å². The van der Waals surface area contributed by atoms with Crippen LogP contribution in [0.3, 0.4) is 0 Å². The summed E-state index contributed by atoms with van der Waals surface area (Å²) in [7, 11) is -3.69. The van der Waals surface area contributed by atoms with Gasteiger partial charge >= 0.3 is 0 Å². The number of benzene rings is 1. The predicted molar refractivity (Wildman–Crippen MR) is 143 cm³/mol. The number of morpholine rings is 1. The Morgan fingerprint density at radius 1 is 1.26 bits per heavy atom. The van der Waals surface area contributed by atoms with Crippen LogP contribution in [0.2, 0.25) is 5.02 Å². The summed E-state index contributed by atoms with van der Waals surface area (Å²) in [5.74, 6) is -0.162. The Balaban J connectivity index is 1.84. The number of nitrogens with zero attached hydrogens (tertiary/aromatic N) is 4. The van der Waals surface area contributed by atoms with Gasteiger partial charge in [-0.1, -0.05) is 23.7 Å². The Bertz CT molecular complexity index is 1100. The van der Waals surface area contributed by atoms with E-state index >= 15 is 0 Å². The number of imidazole rings is 1. The first-order chi connectivity index (χ1) is 16.6. The van der Waals surface area contributed by atoms with E-state index in [1.54, 1.807) is 35.0 Å². The molecule has 2 heterocycles. The van der Waals surface area contributed by atoms with Gasteiger partial charge in [0.25, 0.3) is 0 Å². The number of hydrogen-bond donors (Lipinski definition) is 1. The summed E-state index contributed by atoms with van der Waals surface area (Å²) in [5.41, 5.74) is 1.44. The van der Waals surface area contributed by atoms with Crippen molar-refractivity contribution in [3.05, 3.63) is 46.7 Å². The third-order valence-corrected chi connectivity index (χ3v) is 7.90. The smallest absolute Gasteiger partial charge is 0.228 e. The molecule has 1 aliphatic rings. The highest BCUT2D eigenvalue weighted by Crippen LogP contribution is 2.24. The zero-order valence-electron chi connectivity index (χ0n) is 20.9. The third-order valence-electron chi connectivity index (χ3n) is 5.72. The second-order valence-corrected chi connectivity index (χ2v) is 12.1. The summed E-state index contributed by atoms with van der Waals surface area (Å²) < 4.78 is 34.0. The normalized spacial score (nSPS) is 15.1. The Morgan fingerprint density at radius 2 is 1.97 bits per heavy atom. The zero-order chi connectivity index (χ0) is 25.6. The lowest BCUT2D eigenvalue weighted by molar-refractivity contribution is 0.0356. The van der Waals surface area contributed by atoms with Crippen molar-refractivity contribution >= 4 is 38.8 Å². The van der Waals surface area contributed by atoms with Crippen molar-refractivity contribution in [2.24, 2.45) is 0 Å². The van der Waals surface area contributed by atoms with Crippen molar-refractivity contribution in [3.63, 3.8) is 0 Å². The van der Waals surface area contributed by atoms with Gasteiger partial charge in [-0.25, -0.2) is 13.4 Å². The summed E-state index contributed by atoms with van der Waals surface area (Å²) in [6, 6.07) is 7.01. The average Bonchev–Trinajstić information content (AvgIpc) is 3.21. The molecule has 1 fully saturated rings. The summed E-state index contributed by atoms with van der Waals surface area (Å²) >= 11 is 11.8. The number of aromatic nitrogens is 2. The van der Waals surface area contributed by atoms with Crippen LogP contribution < -0.4 is 5.32 Å². The Hall–Kier alpha value is -1.72. The fourth-order valence-electron chi connectivity index (χ4n) is 4.06. The highest BCUT2D eigenvalue weighted by atomic mass is 35.5. The highest BCUT2D eigenvalue weighted by molar-refractivity contribution is 7.90. The number of ether oxygens (including phenoxy) is 1. The molecule has 1 N–H and O–H groups in total. The first-order valence-corrected chi connectivity index (χ1v) is 14.4. The molecule has 35 heavy (non-hydrogen) atoms. The summed E-state index contributed by atoms with van der Waals surface area (Å²) in [4.78, 5) is 8.82. The Kier molecular flexibility index (Phi) is 9.94. The van der Waals surface area contributed by atoms with E-state index in [0.717, 1.165) is 38.5 Å². The van der Waals surface area contributed by atoms with Gasteiger partial charge in [-0.3, -0.25) is 4.90 Å². The molecule has 2 aromatic rings. The van der Waals surface area contributed by atoms with Gasteiger partial charge in [0.05, 0.1) is 37.4 Å². The Morgan fingerprint density at radius 3 is 2.60 bits per heavy atom. The number of halogens is 1. The van der Waals surface area contributed by atoms with Gasteiger partial charge < -0.3 is 19.5 Å². The van der Waals surface area contributed by atoms with Crippen LogP contribution in [0, 0.1) is 0 Å². The van der Waals surface area contributed by atoms with Gasteiger partial charge in [-0.15, -0.1) is 0 Å². The van der Waals surface area contributed by atoms with Crippen LogP contribution >= 0.6 is 23.8 Å². The zero-order valence-corrected chi connectivity index (χ0v) is 23.3. The topological polar surface area (TPSA) is 79.7 Å². The lowest BCUT2D eigenvalue weighted by atomic mass is 10.2. The molecule has 3 rings (SSSR count). The molecule has 0 saturated carbocycles. The second kappa shape index (κ2) is 12.5. The van der Waals surface area contributed by atoms with Crippen LogP contribution in [-0.4, -0.2) is 78.3 Å².